The van der Waals surface area contributed by atoms with E-state index in [4.69, 9.17) is 4.74 Å². The molecular formula is C23H30N2O3. The smallest absolute Gasteiger partial charge is 0.242 e. The molecule has 0 radical (unpaired) electrons. The predicted octanol–water partition coefficient (Wildman–Crippen LogP) is 3.41. The molecule has 0 aromatic heterocycles. The first kappa shape index (κ1) is 21.5. The zero-order valence-corrected chi connectivity index (χ0v) is 17.4. The average molecular weight is 383 g/mol. The van der Waals surface area contributed by atoms with E-state index in [9.17, 15) is 9.59 Å². The molecule has 2 aromatic carbocycles. The predicted molar refractivity (Wildman–Crippen MR) is 111 cm³/mol. The fourth-order valence-corrected chi connectivity index (χ4v) is 3.02. The Balaban J connectivity index is 2.23. The molecule has 2 aromatic rings. The van der Waals surface area contributed by atoms with Crippen molar-refractivity contribution < 1.29 is 14.3 Å². The monoisotopic (exact) mass is 382 g/mol. The van der Waals surface area contributed by atoms with Gasteiger partial charge in [0.15, 0.2) is 0 Å². The molecule has 0 heterocycles. The number of benzene rings is 2. The number of ether oxygens (including phenoxy) is 1. The second-order valence-corrected chi connectivity index (χ2v) is 7.04. The summed E-state index contributed by atoms with van der Waals surface area (Å²) in [5.41, 5.74) is 4.26. The van der Waals surface area contributed by atoms with E-state index in [1.807, 2.05) is 63.2 Å². The maximum absolute atomic E-state index is 13.1. The molecule has 5 nitrogen and oxygen atoms in total. The molecule has 2 rings (SSSR count). The second-order valence-electron chi connectivity index (χ2n) is 7.04. The Labute approximate surface area is 167 Å². The third-order valence-electron chi connectivity index (χ3n) is 4.96. The van der Waals surface area contributed by atoms with Crippen molar-refractivity contribution in [1.29, 1.82) is 0 Å². The maximum atomic E-state index is 13.1. The Hall–Kier alpha value is -2.82. The summed E-state index contributed by atoms with van der Waals surface area (Å²) in [7, 11) is 1.62. The van der Waals surface area contributed by atoms with Gasteiger partial charge in [-0.25, -0.2) is 0 Å². The molecule has 0 saturated carbocycles. The van der Waals surface area contributed by atoms with Gasteiger partial charge in [0.2, 0.25) is 11.8 Å². The summed E-state index contributed by atoms with van der Waals surface area (Å²) < 4.78 is 5.19. The fourth-order valence-electron chi connectivity index (χ4n) is 3.02. The van der Waals surface area contributed by atoms with Crippen molar-refractivity contribution in [2.24, 2.45) is 0 Å². The van der Waals surface area contributed by atoms with Gasteiger partial charge in [-0.05, 0) is 62.1 Å². The third-order valence-corrected chi connectivity index (χ3v) is 4.96. The molecule has 0 aliphatic carbocycles. The number of carbonyl (C=O) groups excluding carboxylic acids is 2. The van der Waals surface area contributed by atoms with E-state index in [0.29, 0.717) is 13.1 Å². The standard InChI is InChI=1S/C23H30N2O3/c1-6-24-23(27)18(4)25(15-19-9-11-21(28-5)12-10-19)22(26)14-20-8-7-16(2)17(3)13-20/h7-13,18H,6,14-15H2,1-5H3,(H,24,27)/t18-/m0/s1. The summed E-state index contributed by atoms with van der Waals surface area (Å²) in [5, 5.41) is 2.81. The molecule has 0 fully saturated rings. The van der Waals surface area contributed by atoms with Crippen LogP contribution in [0.4, 0.5) is 0 Å². The number of amides is 2. The number of nitrogens with one attached hydrogen (secondary N) is 1. The van der Waals surface area contributed by atoms with Gasteiger partial charge in [0.1, 0.15) is 11.8 Å². The van der Waals surface area contributed by atoms with Crippen LogP contribution in [0.15, 0.2) is 42.5 Å². The summed E-state index contributed by atoms with van der Waals surface area (Å²) in [6.07, 6.45) is 0.265. The highest BCUT2D eigenvalue weighted by molar-refractivity contribution is 5.88. The summed E-state index contributed by atoms with van der Waals surface area (Å²) in [5.74, 6) is 0.538. The first-order valence-corrected chi connectivity index (χ1v) is 9.62. The van der Waals surface area contributed by atoms with Crippen LogP contribution in [0.1, 0.15) is 36.1 Å². The summed E-state index contributed by atoms with van der Waals surface area (Å²) in [6.45, 7) is 8.63. The van der Waals surface area contributed by atoms with Gasteiger partial charge in [-0.15, -0.1) is 0 Å². The van der Waals surface area contributed by atoms with Gasteiger partial charge in [-0.2, -0.15) is 0 Å². The van der Waals surface area contributed by atoms with Crippen LogP contribution in [0.3, 0.4) is 0 Å². The van der Waals surface area contributed by atoms with Gasteiger partial charge in [-0.3, -0.25) is 9.59 Å². The van der Waals surface area contributed by atoms with Crippen molar-refractivity contribution in [3.63, 3.8) is 0 Å². The van der Waals surface area contributed by atoms with Crippen molar-refractivity contribution in [2.75, 3.05) is 13.7 Å². The van der Waals surface area contributed by atoms with Gasteiger partial charge < -0.3 is 15.0 Å². The van der Waals surface area contributed by atoms with E-state index in [2.05, 4.69) is 5.32 Å². The Morgan fingerprint density at radius 3 is 2.25 bits per heavy atom. The Bertz CT molecular complexity index is 815. The van der Waals surface area contributed by atoms with Crippen molar-refractivity contribution in [3.8, 4) is 5.75 Å². The summed E-state index contributed by atoms with van der Waals surface area (Å²) in [6, 6.07) is 13.0. The number of carbonyl (C=O) groups is 2. The topological polar surface area (TPSA) is 58.6 Å². The second kappa shape index (κ2) is 9.93. The molecular weight excluding hydrogens is 352 g/mol. The van der Waals surface area contributed by atoms with Crippen molar-refractivity contribution in [1.82, 2.24) is 10.2 Å². The highest BCUT2D eigenvalue weighted by Gasteiger charge is 2.26. The normalized spacial score (nSPS) is 11.6. The SMILES string of the molecule is CCNC(=O)[C@H](C)N(Cc1ccc(OC)cc1)C(=O)Cc1ccc(C)c(C)c1. The van der Waals surface area contributed by atoms with Crippen LogP contribution in [0.25, 0.3) is 0 Å². The van der Waals surface area contributed by atoms with Crippen molar-refractivity contribution in [2.45, 2.75) is 46.7 Å². The number of likely N-dealkylation sites (N-methyl/N-ethyl adjacent to an activating group) is 1. The zero-order valence-electron chi connectivity index (χ0n) is 17.4. The Kier molecular flexibility index (Phi) is 7.61. The van der Waals surface area contributed by atoms with E-state index in [-0.39, 0.29) is 18.2 Å². The number of aryl methyl sites for hydroxylation is 2. The maximum Gasteiger partial charge on any atom is 0.242 e. The lowest BCUT2D eigenvalue weighted by molar-refractivity contribution is -0.140. The van der Waals surface area contributed by atoms with Crippen LogP contribution in [0.2, 0.25) is 0 Å². The largest absolute Gasteiger partial charge is 0.497 e. The first-order valence-electron chi connectivity index (χ1n) is 9.62. The van der Waals surface area contributed by atoms with Gasteiger partial charge in [0, 0.05) is 13.1 Å². The van der Waals surface area contributed by atoms with Gasteiger partial charge in [0.05, 0.1) is 13.5 Å². The molecule has 0 unspecified atom stereocenters. The van der Waals surface area contributed by atoms with E-state index < -0.39 is 6.04 Å². The van der Waals surface area contributed by atoms with E-state index in [1.165, 1.54) is 5.56 Å². The fraction of sp³-hybridized carbons (Fsp3) is 0.391. The molecule has 1 atom stereocenters. The lowest BCUT2D eigenvalue weighted by Gasteiger charge is -2.29. The zero-order chi connectivity index (χ0) is 20.7. The van der Waals surface area contributed by atoms with Crippen LogP contribution in [0.5, 0.6) is 5.75 Å². The number of hydrogen-bond donors (Lipinski definition) is 1. The van der Waals surface area contributed by atoms with Crippen LogP contribution in [-0.4, -0.2) is 36.4 Å². The highest BCUT2D eigenvalue weighted by atomic mass is 16.5. The minimum atomic E-state index is -0.555. The molecule has 0 spiro atoms. The van der Waals surface area contributed by atoms with Crippen LogP contribution < -0.4 is 10.1 Å². The molecule has 2 amide bonds. The van der Waals surface area contributed by atoms with Gasteiger partial charge in [-0.1, -0.05) is 30.3 Å². The molecule has 1 N–H and O–H groups in total. The molecule has 0 bridgehead atoms. The third kappa shape index (κ3) is 5.59. The first-order chi connectivity index (χ1) is 13.3. The molecule has 0 aliphatic heterocycles. The van der Waals surface area contributed by atoms with Gasteiger partial charge in [0.25, 0.3) is 0 Å². The Morgan fingerprint density at radius 1 is 1.04 bits per heavy atom. The van der Waals surface area contributed by atoms with Crippen molar-refractivity contribution >= 4 is 11.8 Å². The number of methoxy groups -OCH3 is 1. The average Bonchev–Trinajstić information content (AvgIpc) is 2.69. The molecule has 0 saturated heterocycles. The van der Waals surface area contributed by atoms with E-state index >= 15 is 0 Å². The lowest BCUT2D eigenvalue weighted by atomic mass is 10.0. The van der Waals surface area contributed by atoms with Crippen LogP contribution in [-0.2, 0) is 22.6 Å². The minimum Gasteiger partial charge on any atom is -0.497 e. The summed E-state index contributed by atoms with van der Waals surface area (Å²) in [4.78, 5) is 27.2. The minimum absolute atomic E-state index is 0.0715. The molecule has 0 aliphatic rings. The number of nitrogens with zero attached hydrogens (tertiary/aromatic N) is 1. The van der Waals surface area contributed by atoms with Crippen LogP contribution in [0, 0.1) is 13.8 Å². The molecule has 28 heavy (non-hydrogen) atoms. The lowest BCUT2D eigenvalue weighted by Crippen LogP contribution is -2.48. The summed E-state index contributed by atoms with van der Waals surface area (Å²) >= 11 is 0. The highest BCUT2D eigenvalue weighted by Crippen LogP contribution is 2.17. The van der Waals surface area contributed by atoms with E-state index in [0.717, 1.165) is 22.4 Å². The Morgan fingerprint density at radius 2 is 1.68 bits per heavy atom. The van der Waals surface area contributed by atoms with Crippen LogP contribution >= 0.6 is 0 Å². The number of rotatable bonds is 8. The van der Waals surface area contributed by atoms with E-state index in [1.54, 1.807) is 18.9 Å². The quantitative estimate of drug-likeness (QED) is 0.761. The molecule has 5 heteroatoms. The molecule has 150 valence electrons. The van der Waals surface area contributed by atoms with Gasteiger partial charge >= 0.3 is 0 Å². The number of hydrogen-bond acceptors (Lipinski definition) is 3. The van der Waals surface area contributed by atoms with Crippen molar-refractivity contribution in [3.05, 3.63) is 64.7 Å².